The Morgan fingerprint density at radius 3 is 2.89 bits per heavy atom. The average molecular weight is 237 g/mol. The summed E-state index contributed by atoms with van der Waals surface area (Å²) < 4.78 is 5.80. The number of aliphatic imine (C=N–C) groups is 1. The molecule has 1 unspecified atom stereocenters. The van der Waals surface area contributed by atoms with Crippen LogP contribution in [0.15, 0.2) is 70.8 Å². The molecule has 0 aromatic heterocycles. The minimum atomic E-state index is 0.221. The van der Waals surface area contributed by atoms with Crippen LogP contribution in [0.4, 0.5) is 0 Å². The highest BCUT2D eigenvalue weighted by atomic mass is 16.5. The molecule has 0 radical (unpaired) electrons. The SMILES string of the molecule is CC1=CC(Oc2ccccc2)=NC2CC=CC=C12. The second-order valence-electron chi connectivity index (χ2n) is 4.51. The van der Waals surface area contributed by atoms with Crippen molar-refractivity contribution in [2.24, 2.45) is 4.99 Å². The Morgan fingerprint density at radius 1 is 1.22 bits per heavy atom. The Balaban J connectivity index is 1.85. The Labute approximate surface area is 107 Å². The van der Waals surface area contributed by atoms with Gasteiger partial charge in [0.25, 0.3) is 0 Å². The van der Waals surface area contributed by atoms with Crippen LogP contribution in [0.25, 0.3) is 0 Å². The first-order chi connectivity index (χ1) is 8.83. The van der Waals surface area contributed by atoms with Crippen molar-refractivity contribution in [3.63, 3.8) is 0 Å². The highest BCUT2D eigenvalue weighted by molar-refractivity contribution is 5.92. The molecule has 1 heterocycles. The average Bonchev–Trinajstić information content (AvgIpc) is 2.40. The highest BCUT2D eigenvalue weighted by Gasteiger charge is 2.21. The largest absolute Gasteiger partial charge is 0.439 e. The second kappa shape index (κ2) is 4.65. The van der Waals surface area contributed by atoms with Crippen molar-refractivity contribution < 1.29 is 4.74 Å². The Morgan fingerprint density at radius 2 is 2.06 bits per heavy atom. The fourth-order valence-corrected chi connectivity index (χ4v) is 2.26. The Hall–Kier alpha value is -2.09. The number of rotatable bonds is 1. The standard InChI is InChI=1S/C16H15NO/c1-12-11-16(18-13-7-3-2-4-8-13)17-15-10-6-5-9-14(12)15/h2-9,11,15H,10H2,1H3. The van der Waals surface area contributed by atoms with E-state index in [1.54, 1.807) is 0 Å². The van der Waals surface area contributed by atoms with Gasteiger partial charge in [-0.2, -0.15) is 0 Å². The Kier molecular flexibility index (Phi) is 2.85. The van der Waals surface area contributed by atoms with Crippen LogP contribution in [0.5, 0.6) is 5.75 Å². The van der Waals surface area contributed by atoms with Gasteiger partial charge < -0.3 is 4.74 Å². The number of nitrogens with zero attached hydrogens (tertiary/aromatic N) is 1. The van der Waals surface area contributed by atoms with E-state index in [-0.39, 0.29) is 6.04 Å². The number of benzene rings is 1. The molecule has 0 N–H and O–H groups in total. The monoisotopic (exact) mass is 237 g/mol. The van der Waals surface area contributed by atoms with E-state index in [2.05, 4.69) is 30.1 Å². The molecule has 2 nitrogen and oxygen atoms in total. The first-order valence-electron chi connectivity index (χ1n) is 6.19. The normalized spacial score (nSPS) is 21.6. The zero-order chi connectivity index (χ0) is 12.4. The van der Waals surface area contributed by atoms with Crippen LogP contribution in [0.1, 0.15) is 13.3 Å². The number of dihydropyridines is 1. The predicted molar refractivity (Wildman–Crippen MR) is 73.9 cm³/mol. The molecule has 1 aliphatic heterocycles. The second-order valence-corrected chi connectivity index (χ2v) is 4.51. The van der Waals surface area contributed by atoms with Crippen molar-refractivity contribution in [3.05, 3.63) is 65.8 Å². The molecular formula is C16H15NO. The third-order valence-corrected chi connectivity index (χ3v) is 3.17. The van der Waals surface area contributed by atoms with Gasteiger partial charge in [-0.3, -0.25) is 0 Å². The molecule has 0 saturated heterocycles. The molecule has 1 aliphatic carbocycles. The molecule has 0 fully saturated rings. The van der Waals surface area contributed by atoms with E-state index < -0.39 is 0 Å². The number of ether oxygens (including phenoxy) is 1. The molecule has 0 spiro atoms. The number of hydrogen-bond acceptors (Lipinski definition) is 2. The molecule has 3 rings (SSSR count). The highest BCUT2D eigenvalue weighted by Crippen LogP contribution is 2.27. The maximum absolute atomic E-state index is 5.80. The zero-order valence-electron chi connectivity index (χ0n) is 10.3. The van der Waals surface area contributed by atoms with Crippen LogP contribution in [0, 0.1) is 0 Å². The van der Waals surface area contributed by atoms with E-state index in [0.717, 1.165) is 12.2 Å². The van der Waals surface area contributed by atoms with Gasteiger partial charge in [0.2, 0.25) is 5.90 Å². The molecule has 0 bridgehead atoms. The lowest BCUT2D eigenvalue weighted by atomic mass is 9.91. The first-order valence-corrected chi connectivity index (χ1v) is 6.19. The van der Waals surface area contributed by atoms with Gasteiger partial charge in [0.1, 0.15) is 5.75 Å². The lowest BCUT2D eigenvalue weighted by Crippen LogP contribution is -2.21. The Bertz CT molecular complexity index is 564. The lowest BCUT2D eigenvalue weighted by Gasteiger charge is -2.23. The zero-order valence-corrected chi connectivity index (χ0v) is 10.3. The number of allylic oxidation sites excluding steroid dienone is 2. The first kappa shape index (κ1) is 11.0. The van der Waals surface area contributed by atoms with Crippen molar-refractivity contribution in [2.75, 3.05) is 0 Å². The van der Waals surface area contributed by atoms with Crippen molar-refractivity contribution >= 4 is 5.90 Å². The molecule has 0 amide bonds. The van der Waals surface area contributed by atoms with E-state index in [1.165, 1.54) is 11.1 Å². The molecule has 1 aromatic rings. The van der Waals surface area contributed by atoms with E-state index >= 15 is 0 Å². The molecule has 2 heteroatoms. The summed E-state index contributed by atoms with van der Waals surface area (Å²) >= 11 is 0. The topological polar surface area (TPSA) is 21.6 Å². The van der Waals surface area contributed by atoms with Crippen LogP contribution in [-0.2, 0) is 0 Å². The quantitative estimate of drug-likeness (QED) is 0.730. The van der Waals surface area contributed by atoms with E-state index in [9.17, 15) is 0 Å². The van der Waals surface area contributed by atoms with Crippen molar-refractivity contribution in [3.8, 4) is 5.75 Å². The number of fused-ring (bicyclic) bond motifs is 1. The summed E-state index contributed by atoms with van der Waals surface area (Å²) in [5.74, 6) is 1.54. The third-order valence-electron chi connectivity index (χ3n) is 3.17. The summed E-state index contributed by atoms with van der Waals surface area (Å²) in [5, 5.41) is 0. The van der Waals surface area contributed by atoms with Gasteiger partial charge in [-0.25, -0.2) is 4.99 Å². The maximum Gasteiger partial charge on any atom is 0.215 e. The van der Waals surface area contributed by atoms with Crippen LogP contribution < -0.4 is 4.74 Å². The number of para-hydroxylation sites is 1. The van der Waals surface area contributed by atoms with Gasteiger partial charge in [-0.15, -0.1) is 0 Å². The molecule has 2 aliphatic rings. The van der Waals surface area contributed by atoms with E-state index in [4.69, 9.17) is 4.74 Å². The molecular weight excluding hydrogens is 222 g/mol. The summed E-state index contributed by atoms with van der Waals surface area (Å²) in [6.07, 6.45) is 9.36. The summed E-state index contributed by atoms with van der Waals surface area (Å²) in [4.78, 5) is 4.65. The molecule has 1 atom stereocenters. The number of hydrogen-bond donors (Lipinski definition) is 0. The molecule has 18 heavy (non-hydrogen) atoms. The summed E-state index contributed by atoms with van der Waals surface area (Å²) in [7, 11) is 0. The lowest BCUT2D eigenvalue weighted by molar-refractivity contribution is 0.541. The minimum absolute atomic E-state index is 0.221. The van der Waals surface area contributed by atoms with E-state index in [1.807, 2.05) is 36.4 Å². The molecule has 0 saturated carbocycles. The van der Waals surface area contributed by atoms with Crippen LogP contribution in [0.3, 0.4) is 0 Å². The van der Waals surface area contributed by atoms with Gasteiger partial charge in [-0.1, -0.05) is 36.4 Å². The van der Waals surface area contributed by atoms with Crippen molar-refractivity contribution in [1.82, 2.24) is 0 Å². The van der Waals surface area contributed by atoms with Gasteiger partial charge in [0.15, 0.2) is 0 Å². The molecule has 1 aromatic carbocycles. The van der Waals surface area contributed by atoms with Crippen LogP contribution in [0.2, 0.25) is 0 Å². The molecule has 90 valence electrons. The fraction of sp³-hybridized carbons (Fsp3) is 0.188. The van der Waals surface area contributed by atoms with Crippen molar-refractivity contribution in [1.29, 1.82) is 0 Å². The summed E-state index contributed by atoms with van der Waals surface area (Å²) in [6, 6.07) is 10.0. The minimum Gasteiger partial charge on any atom is -0.439 e. The van der Waals surface area contributed by atoms with Gasteiger partial charge in [-0.05, 0) is 36.6 Å². The predicted octanol–water partition coefficient (Wildman–Crippen LogP) is 3.68. The maximum atomic E-state index is 5.80. The van der Waals surface area contributed by atoms with Crippen LogP contribution >= 0.6 is 0 Å². The van der Waals surface area contributed by atoms with Crippen molar-refractivity contribution in [2.45, 2.75) is 19.4 Å². The smallest absolute Gasteiger partial charge is 0.215 e. The fourth-order valence-electron chi connectivity index (χ4n) is 2.26. The summed E-state index contributed by atoms with van der Waals surface area (Å²) in [6.45, 7) is 2.11. The van der Waals surface area contributed by atoms with Gasteiger partial charge >= 0.3 is 0 Å². The van der Waals surface area contributed by atoms with Crippen LogP contribution in [-0.4, -0.2) is 11.9 Å². The van der Waals surface area contributed by atoms with Gasteiger partial charge in [0.05, 0.1) is 6.04 Å². The van der Waals surface area contributed by atoms with E-state index in [0.29, 0.717) is 5.90 Å². The van der Waals surface area contributed by atoms with Gasteiger partial charge in [0, 0.05) is 6.08 Å². The summed E-state index contributed by atoms with van der Waals surface area (Å²) in [5.41, 5.74) is 2.54. The third kappa shape index (κ3) is 2.14.